The molecule has 3 aliphatic rings. The number of ether oxygens (including phenoxy) is 1. The van der Waals surface area contributed by atoms with Gasteiger partial charge >= 0.3 is 0 Å². The monoisotopic (exact) mass is 468 g/mol. The maximum atomic E-state index is 6.45. The summed E-state index contributed by atoms with van der Waals surface area (Å²) in [4.78, 5) is 9.21. The minimum absolute atomic E-state index is 0.445. The molecule has 6 rings (SSSR count). The number of piperidine rings is 1. The van der Waals surface area contributed by atoms with Gasteiger partial charge in [-0.2, -0.15) is 5.10 Å². The van der Waals surface area contributed by atoms with Crippen molar-refractivity contribution in [2.45, 2.75) is 57.9 Å². The third-order valence-corrected chi connectivity index (χ3v) is 7.15. The van der Waals surface area contributed by atoms with Crippen LogP contribution in [0.5, 0.6) is 0 Å². The van der Waals surface area contributed by atoms with Gasteiger partial charge in [-0.25, -0.2) is 14.6 Å². The predicted octanol–water partition coefficient (Wildman–Crippen LogP) is 5.38. The van der Waals surface area contributed by atoms with E-state index < -0.39 is 0 Å². The SMILES string of the molecule is CC1CCOC1.Cc1cc2cnc(Nc3cnn(C4CC4)c3Cl)nc2cc1C1CCNCC1. The van der Waals surface area contributed by atoms with Crippen LogP contribution in [0.1, 0.15) is 62.1 Å². The molecule has 0 amide bonds. The van der Waals surface area contributed by atoms with Gasteiger partial charge in [0.2, 0.25) is 5.95 Å². The highest BCUT2D eigenvalue weighted by molar-refractivity contribution is 6.32. The van der Waals surface area contributed by atoms with E-state index in [0.717, 1.165) is 61.7 Å². The molecule has 8 heteroatoms. The average Bonchev–Trinajstić information content (AvgIpc) is 3.45. The summed E-state index contributed by atoms with van der Waals surface area (Å²) in [5, 5.41) is 12.7. The molecule has 3 fully saturated rings. The molecule has 33 heavy (non-hydrogen) atoms. The maximum absolute atomic E-state index is 6.45. The molecule has 2 aliphatic heterocycles. The van der Waals surface area contributed by atoms with E-state index in [4.69, 9.17) is 21.3 Å². The molecule has 1 aromatic carbocycles. The third kappa shape index (κ3) is 5.31. The van der Waals surface area contributed by atoms with E-state index in [-0.39, 0.29) is 0 Å². The van der Waals surface area contributed by atoms with Gasteiger partial charge in [-0.1, -0.05) is 18.5 Å². The first-order valence-corrected chi connectivity index (χ1v) is 12.5. The van der Waals surface area contributed by atoms with E-state index in [9.17, 15) is 0 Å². The van der Waals surface area contributed by atoms with E-state index in [2.05, 4.69) is 46.7 Å². The number of benzene rings is 1. The fraction of sp³-hybridized carbons (Fsp3) is 0.560. The topological polar surface area (TPSA) is 76.9 Å². The molecule has 7 nitrogen and oxygen atoms in total. The van der Waals surface area contributed by atoms with Crippen LogP contribution >= 0.6 is 11.6 Å². The summed E-state index contributed by atoms with van der Waals surface area (Å²) in [7, 11) is 0. The second-order valence-electron chi connectivity index (χ2n) is 9.60. The number of aryl methyl sites for hydroxylation is 1. The first-order valence-electron chi connectivity index (χ1n) is 12.1. The van der Waals surface area contributed by atoms with Crippen LogP contribution in [-0.2, 0) is 4.74 Å². The van der Waals surface area contributed by atoms with Crippen LogP contribution in [0.25, 0.3) is 10.9 Å². The molecule has 1 atom stereocenters. The lowest BCUT2D eigenvalue weighted by Gasteiger charge is -2.24. The zero-order chi connectivity index (χ0) is 22.8. The molecule has 2 N–H and O–H groups in total. The Morgan fingerprint density at radius 2 is 1.94 bits per heavy atom. The van der Waals surface area contributed by atoms with Crippen LogP contribution < -0.4 is 10.6 Å². The number of hydrogen-bond acceptors (Lipinski definition) is 6. The Morgan fingerprint density at radius 3 is 2.61 bits per heavy atom. The van der Waals surface area contributed by atoms with Crippen LogP contribution in [0.15, 0.2) is 24.5 Å². The van der Waals surface area contributed by atoms with Gasteiger partial charge in [0.25, 0.3) is 0 Å². The van der Waals surface area contributed by atoms with Crippen molar-refractivity contribution in [3.8, 4) is 0 Å². The molecule has 0 bridgehead atoms. The second kappa shape index (κ2) is 9.95. The van der Waals surface area contributed by atoms with E-state index in [1.54, 1.807) is 6.20 Å². The molecule has 3 aromatic rings. The minimum atomic E-state index is 0.445. The smallest absolute Gasteiger partial charge is 0.227 e. The second-order valence-corrected chi connectivity index (χ2v) is 9.96. The molecular formula is C25H33ClN6O. The lowest BCUT2D eigenvalue weighted by molar-refractivity contribution is 0.188. The number of halogens is 1. The quantitative estimate of drug-likeness (QED) is 0.535. The first-order chi connectivity index (χ1) is 16.1. The number of rotatable bonds is 4. The standard InChI is InChI=1S/C20H23ClN6.C5H10O/c1-12-8-14-10-23-20(26-18-11-24-27(19(18)21)15-2-3-15)25-17(14)9-16(12)13-4-6-22-7-5-13;1-5-2-3-6-4-5/h8-11,13,15,22H,2-7H2,1H3,(H,23,25,26);5H,2-4H2,1H3. The van der Waals surface area contributed by atoms with Crippen molar-refractivity contribution in [3.05, 3.63) is 40.8 Å². The van der Waals surface area contributed by atoms with Crippen molar-refractivity contribution in [3.63, 3.8) is 0 Å². The van der Waals surface area contributed by atoms with Crippen LogP contribution in [0.4, 0.5) is 11.6 Å². The normalized spacial score (nSPS) is 21.1. The minimum Gasteiger partial charge on any atom is -0.381 e. The Balaban J connectivity index is 0.000000332. The van der Waals surface area contributed by atoms with Gasteiger partial charge in [-0.3, -0.25) is 0 Å². The van der Waals surface area contributed by atoms with Gasteiger partial charge in [-0.05, 0) is 87.2 Å². The zero-order valence-corrected chi connectivity index (χ0v) is 20.2. The summed E-state index contributed by atoms with van der Waals surface area (Å²) in [6, 6.07) is 4.89. The molecule has 0 radical (unpaired) electrons. The highest BCUT2D eigenvalue weighted by Crippen LogP contribution is 2.39. The predicted molar refractivity (Wildman–Crippen MR) is 133 cm³/mol. The number of aromatic nitrogens is 4. The highest BCUT2D eigenvalue weighted by atomic mass is 35.5. The Hall–Kier alpha value is -2.22. The van der Waals surface area contributed by atoms with Crippen molar-refractivity contribution in [2.24, 2.45) is 5.92 Å². The average molecular weight is 469 g/mol. The lowest BCUT2D eigenvalue weighted by Crippen LogP contribution is -2.26. The first kappa shape index (κ1) is 22.6. The summed E-state index contributed by atoms with van der Waals surface area (Å²) in [5.74, 6) is 1.98. The van der Waals surface area contributed by atoms with Gasteiger partial charge in [0.05, 0.1) is 23.4 Å². The Kier molecular flexibility index (Phi) is 6.81. The maximum Gasteiger partial charge on any atom is 0.227 e. The number of fused-ring (bicyclic) bond motifs is 1. The van der Waals surface area contributed by atoms with Crippen molar-refractivity contribution in [1.82, 2.24) is 25.1 Å². The van der Waals surface area contributed by atoms with Crippen LogP contribution in [0, 0.1) is 12.8 Å². The van der Waals surface area contributed by atoms with Crippen LogP contribution in [0.2, 0.25) is 5.15 Å². The highest BCUT2D eigenvalue weighted by Gasteiger charge is 2.27. The molecule has 0 spiro atoms. The van der Waals surface area contributed by atoms with Crippen molar-refractivity contribution in [1.29, 1.82) is 0 Å². The molecule has 1 aliphatic carbocycles. The molecule has 1 saturated carbocycles. The number of nitrogens with zero attached hydrogens (tertiary/aromatic N) is 4. The molecule has 1 unspecified atom stereocenters. The fourth-order valence-corrected chi connectivity index (χ4v) is 4.90. The summed E-state index contributed by atoms with van der Waals surface area (Å²) in [6.45, 7) is 8.55. The Bertz CT molecular complexity index is 1100. The third-order valence-electron chi connectivity index (χ3n) is 6.78. The Labute approximate surface area is 200 Å². The number of nitrogens with one attached hydrogen (secondary N) is 2. The summed E-state index contributed by atoms with van der Waals surface area (Å²) in [5.41, 5.74) is 4.46. The Morgan fingerprint density at radius 1 is 1.12 bits per heavy atom. The lowest BCUT2D eigenvalue weighted by atomic mass is 9.87. The van der Waals surface area contributed by atoms with Gasteiger partial charge in [-0.15, -0.1) is 0 Å². The van der Waals surface area contributed by atoms with E-state index >= 15 is 0 Å². The summed E-state index contributed by atoms with van der Waals surface area (Å²) >= 11 is 6.45. The number of hydrogen-bond donors (Lipinski definition) is 2. The van der Waals surface area contributed by atoms with Gasteiger partial charge in [0, 0.05) is 24.8 Å². The molecule has 2 saturated heterocycles. The van der Waals surface area contributed by atoms with Crippen molar-refractivity contribution < 1.29 is 4.74 Å². The number of anilines is 2. The van der Waals surface area contributed by atoms with Gasteiger partial charge in [0.1, 0.15) is 0 Å². The van der Waals surface area contributed by atoms with Gasteiger partial charge in [0.15, 0.2) is 5.15 Å². The van der Waals surface area contributed by atoms with E-state index in [1.807, 2.05) is 10.9 Å². The van der Waals surface area contributed by atoms with Gasteiger partial charge < -0.3 is 15.4 Å². The van der Waals surface area contributed by atoms with E-state index in [0.29, 0.717) is 23.1 Å². The molecule has 4 heterocycles. The zero-order valence-electron chi connectivity index (χ0n) is 19.5. The molecule has 176 valence electrons. The fourth-order valence-electron chi connectivity index (χ4n) is 4.62. The van der Waals surface area contributed by atoms with Crippen molar-refractivity contribution in [2.75, 3.05) is 31.6 Å². The van der Waals surface area contributed by atoms with Crippen molar-refractivity contribution >= 4 is 34.1 Å². The summed E-state index contributed by atoms with van der Waals surface area (Å²) < 4.78 is 6.94. The largest absolute Gasteiger partial charge is 0.381 e. The molecule has 2 aromatic heterocycles. The summed E-state index contributed by atoms with van der Waals surface area (Å²) in [6.07, 6.45) is 9.54. The van der Waals surface area contributed by atoms with Crippen LogP contribution in [-0.4, -0.2) is 46.1 Å². The van der Waals surface area contributed by atoms with E-state index in [1.165, 1.54) is 30.4 Å². The van der Waals surface area contributed by atoms with Crippen LogP contribution in [0.3, 0.4) is 0 Å². The molecular weight excluding hydrogens is 436 g/mol.